The van der Waals surface area contributed by atoms with Crippen LogP contribution in [0.1, 0.15) is 15.9 Å². The molecule has 0 saturated heterocycles. The van der Waals surface area contributed by atoms with Crippen molar-refractivity contribution in [1.29, 1.82) is 5.26 Å². The Morgan fingerprint density at radius 3 is 2.35 bits per heavy atom. The molecule has 0 aliphatic rings. The van der Waals surface area contributed by atoms with Crippen molar-refractivity contribution in [2.45, 2.75) is 0 Å². The number of para-hydroxylation sites is 1. The first-order chi connectivity index (χ1) is 9.61. The number of hydrogen-bond donors (Lipinski definition) is 0. The highest BCUT2D eigenvalue weighted by Gasteiger charge is 2.11. The Balaban J connectivity index is 2.18. The Labute approximate surface area is 117 Å². The number of nitriles is 1. The highest BCUT2D eigenvalue weighted by atomic mass is 16.5. The summed E-state index contributed by atoms with van der Waals surface area (Å²) in [7, 11) is 3.85. The maximum Gasteiger partial charge on any atom is 0.343 e. The Hall–Kier alpha value is -2.80. The van der Waals surface area contributed by atoms with Crippen molar-refractivity contribution in [2.24, 2.45) is 0 Å². The Kier molecular flexibility index (Phi) is 4.02. The summed E-state index contributed by atoms with van der Waals surface area (Å²) in [5, 5.41) is 8.95. The lowest BCUT2D eigenvalue weighted by Crippen LogP contribution is -2.11. The van der Waals surface area contributed by atoms with Gasteiger partial charge in [-0.2, -0.15) is 5.26 Å². The molecule has 2 aromatic carbocycles. The van der Waals surface area contributed by atoms with Crippen molar-refractivity contribution in [3.63, 3.8) is 0 Å². The van der Waals surface area contributed by atoms with Crippen molar-refractivity contribution in [3.05, 3.63) is 59.7 Å². The smallest absolute Gasteiger partial charge is 0.343 e. The molecule has 0 unspecified atom stereocenters. The van der Waals surface area contributed by atoms with Crippen molar-refractivity contribution in [1.82, 2.24) is 0 Å². The van der Waals surface area contributed by atoms with Gasteiger partial charge in [-0.15, -0.1) is 0 Å². The maximum absolute atomic E-state index is 12.0. The summed E-state index contributed by atoms with van der Waals surface area (Å²) >= 11 is 0. The molecule has 0 aliphatic heterocycles. The molecule has 0 bridgehead atoms. The van der Waals surface area contributed by atoms with Gasteiger partial charge in [0.1, 0.15) is 11.8 Å². The zero-order valence-corrected chi connectivity index (χ0v) is 11.3. The first-order valence-electron chi connectivity index (χ1n) is 6.10. The fourth-order valence-electron chi connectivity index (χ4n) is 1.70. The van der Waals surface area contributed by atoms with Gasteiger partial charge in [-0.25, -0.2) is 4.79 Å². The van der Waals surface area contributed by atoms with Gasteiger partial charge in [0, 0.05) is 19.8 Å². The molecule has 2 rings (SSSR count). The van der Waals surface area contributed by atoms with Crippen LogP contribution in [0.5, 0.6) is 5.75 Å². The van der Waals surface area contributed by atoms with Crippen molar-refractivity contribution >= 4 is 11.7 Å². The van der Waals surface area contributed by atoms with Crippen LogP contribution in [0.25, 0.3) is 0 Å². The number of carbonyl (C=O) groups excluding carboxylic acids is 1. The molecule has 20 heavy (non-hydrogen) atoms. The van der Waals surface area contributed by atoms with E-state index in [2.05, 4.69) is 0 Å². The molecule has 0 heterocycles. The summed E-state index contributed by atoms with van der Waals surface area (Å²) in [6, 6.07) is 15.7. The Morgan fingerprint density at radius 2 is 1.75 bits per heavy atom. The summed E-state index contributed by atoms with van der Waals surface area (Å²) < 4.78 is 5.25. The quantitative estimate of drug-likeness (QED) is 0.633. The van der Waals surface area contributed by atoms with Crippen LogP contribution < -0.4 is 9.64 Å². The number of esters is 1. The third-order valence-corrected chi connectivity index (χ3v) is 2.83. The van der Waals surface area contributed by atoms with Crippen LogP contribution in [0.2, 0.25) is 0 Å². The van der Waals surface area contributed by atoms with Crippen LogP contribution in [-0.2, 0) is 0 Å². The summed E-state index contributed by atoms with van der Waals surface area (Å²) in [6.07, 6.45) is 0. The molecule has 4 nitrogen and oxygen atoms in total. The van der Waals surface area contributed by atoms with Crippen LogP contribution in [0.15, 0.2) is 48.5 Å². The molecule has 0 saturated carbocycles. The van der Waals surface area contributed by atoms with E-state index in [1.165, 1.54) is 0 Å². The molecule has 0 fully saturated rings. The molecular formula is C16H14N2O2. The lowest BCUT2D eigenvalue weighted by atomic mass is 10.2. The Morgan fingerprint density at radius 1 is 1.10 bits per heavy atom. The van der Waals surface area contributed by atoms with Gasteiger partial charge in [0.15, 0.2) is 0 Å². The molecule has 4 heteroatoms. The molecule has 0 amide bonds. The van der Waals surface area contributed by atoms with E-state index in [0.717, 1.165) is 5.69 Å². The van der Waals surface area contributed by atoms with E-state index in [-0.39, 0.29) is 5.75 Å². The minimum Gasteiger partial charge on any atom is -0.422 e. The van der Waals surface area contributed by atoms with Crippen LogP contribution in [0, 0.1) is 11.3 Å². The highest BCUT2D eigenvalue weighted by Crippen LogP contribution is 2.19. The molecule has 2 aromatic rings. The minimum atomic E-state index is -0.474. The lowest BCUT2D eigenvalue weighted by molar-refractivity contribution is 0.0734. The number of benzene rings is 2. The van der Waals surface area contributed by atoms with Crippen LogP contribution >= 0.6 is 0 Å². The topological polar surface area (TPSA) is 53.3 Å². The molecule has 100 valence electrons. The van der Waals surface area contributed by atoms with Gasteiger partial charge >= 0.3 is 5.97 Å². The van der Waals surface area contributed by atoms with E-state index in [9.17, 15) is 4.79 Å². The first kappa shape index (κ1) is 13.6. The van der Waals surface area contributed by atoms with E-state index in [1.807, 2.05) is 37.2 Å². The third kappa shape index (κ3) is 2.96. The SMILES string of the molecule is CN(C)c1ccc(C(=O)Oc2ccccc2C#N)cc1. The van der Waals surface area contributed by atoms with Gasteiger partial charge in [0.2, 0.25) is 0 Å². The fourth-order valence-corrected chi connectivity index (χ4v) is 1.70. The molecule has 0 aromatic heterocycles. The monoisotopic (exact) mass is 266 g/mol. The molecule has 0 aliphatic carbocycles. The van der Waals surface area contributed by atoms with E-state index < -0.39 is 5.97 Å². The van der Waals surface area contributed by atoms with E-state index in [4.69, 9.17) is 10.00 Å². The zero-order valence-electron chi connectivity index (χ0n) is 11.3. The normalized spacial score (nSPS) is 9.65. The average molecular weight is 266 g/mol. The third-order valence-electron chi connectivity index (χ3n) is 2.83. The number of rotatable bonds is 3. The predicted molar refractivity (Wildman–Crippen MR) is 76.9 cm³/mol. The molecule has 0 radical (unpaired) electrons. The lowest BCUT2D eigenvalue weighted by Gasteiger charge is -2.12. The van der Waals surface area contributed by atoms with Crippen LogP contribution in [0.3, 0.4) is 0 Å². The van der Waals surface area contributed by atoms with Crippen LogP contribution in [0.4, 0.5) is 5.69 Å². The predicted octanol–water partition coefficient (Wildman–Crippen LogP) is 2.84. The number of carbonyl (C=O) groups is 1. The number of hydrogen-bond acceptors (Lipinski definition) is 4. The first-order valence-corrected chi connectivity index (χ1v) is 6.10. The van der Waals surface area contributed by atoms with E-state index >= 15 is 0 Å². The second-order valence-corrected chi connectivity index (χ2v) is 4.44. The fraction of sp³-hybridized carbons (Fsp3) is 0.125. The highest BCUT2D eigenvalue weighted by molar-refractivity contribution is 5.91. The molecule has 0 spiro atoms. The summed E-state index contributed by atoms with van der Waals surface area (Å²) in [5.74, 6) is -0.199. The van der Waals surface area contributed by atoms with Crippen molar-refractivity contribution in [3.8, 4) is 11.8 Å². The van der Waals surface area contributed by atoms with Crippen LogP contribution in [-0.4, -0.2) is 20.1 Å². The molecule has 0 atom stereocenters. The average Bonchev–Trinajstić information content (AvgIpc) is 2.48. The Bertz CT molecular complexity index is 655. The number of ether oxygens (including phenoxy) is 1. The summed E-state index contributed by atoms with van der Waals surface area (Å²) in [4.78, 5) is 14.0. The summed E-state index contributed by atoms with van der Waals surface area (Å²) in [5.41, 5.74) is 1.79. The maximum atomic E-state index is 12.0. The largest absolute Gasteiger partial charge is 0.422 e. The molecule has 0 N–H and O–H groups in total. The standard InChI is InChI=1S/C16H14N2O2/c1-18(2)14-9-7-12(8-10-14)16(19)20-15-6-4-3-5-13(15)11-17/h3-10H,1-2H3. The van der Waals surface area contributed by atoms with E-state index in [1.54, 1.807) is 36.4 Å². The second kappa shape index (κ2) is 5.89. The summed E-state index contributed by atoms with van der Waals surface area (Å²) in [6.45, 7) is 0. The van der Waals surface area contributed by atoms with Gasteiger partial charge in [0.25, 0.3) is 0 Å². The zero-order chi connectivity index (χ0) is 14.5. The number of nitrogens with zero attached hydrogens (tertiary/aromatic N) is 2. The minimum absolute atomic E-state index is 0.275. The van der Waals surface area contributed by atoms with Crippen molar-refractivity contribution in [2.75, 3.05) is 19.0 Å². The second-order valence-electron chi connectivity index (χ2n) is 4.44. The number of anilines is 1. The van der Waals surface area contributed by atoms with E-state index in [0.29, 0.717) is 11.1 Å². The molecular weight excluding hydrogens is 252 g/mol. The van der Waals surface area contributed by atoms with Gasteiger partial charge in [0.05, 0.1) is 11.1 Å². The van der Waals surface area contributed by atoms with Gasteiger partial charge in [-0.3, -0.25) is 0 Å². The van der Waals surface area contributed by atoms with Gasteiger partial charge in [-0.05, 0) is 36.4 Å². The van der Waals surface area contributed by atoms with Gasteiger partial charge < -0.3 is 9.64 Å². The van der Waals surface area contributed by atoms with Crippen molar-refractivity contribution < 1.29 is 9.53 Å². The van der Waals surface area contributed by atoms with Gasteiger partial charge in [-0.1, -0.05) is 12.1 Å².